The van der Waals surface area contributed by atoms with E-state index in [1.165, 1.54) is 7.11 Å². The third-order valence-electron chi connectivity index (χ3n) is 3.41. The Hall–Kier alpha value is -2.03. The van der Waals surface area contributed by atoms with Crippen molar-refractivity contribution in [1.82, 2.24) is 9.80 Å². The Balaban J connectivity index is 2.98. The summed E-state index contributed by atoms with van der Waals surface area (Å²) >= 11 is 0. The number of carbonyl (C=O) groups is 1. The highest BCUT2D eigenvalue weighted by atomic mass is 16.5. The maximum atomic E-state index is 12.0. The summed E-state index contributed by atoms with van der Waals surface area (Å²) in [5, 5.41) is 9.91. The molecule has 120 valence electrons. The Morgan fingerprint density at radius 1 is 1.41 bits per heavy atom. The van der Waals surface area contributed by atoms with Gasteiger partial charge in [-0.1, -0.05) is 18.1 Å². The normalized spacial score (nSPS) is 12.2. The predicted octanol–water partition coefficient (Wildman–Crippen LogP) is 1.10. The van der Waals surface area contributed by atoms with Crippen molar-refractivity contribution < 1.29 is 14.6 Å². The Kier molecular flexibility index (Phi) is 6.90. The molecule has 0 aliphatic carbocycles. The van der Waals surface area contributed by atoms with Gasteiger partial charge in [0.15, 0.2) is 0 Å². The van der Waals surface area contributed by atoms with Crippen molar-refractivity contribution in [1.29, 1.82) is 0 Å². The van der Waals surface area contributed by atoms with Gasteiger partial charge >= 0.3 is 5.97 Å². The van der Waals surface area contributed by atoms with Crippen molar-refractivity contribution in [2.75, 3.05) is 34.8 Å². The van der Waals surface area contributed by atoms with Crippen LogP contribution in [0, 0.1) is 12.3 Å². The molecule has 0 heterocycles. The van der Waals surface area contributed by atoms with Crippen LogP contribution in [0.1, 0.15) is 11.1 Å². The van der Waals surface area contributed by atoms with Crippen LogP contribution >= 0.6 is 0 Å². The molecule has 0 unspecified atom stereocenters. The zero-order valence-electron chi connectivity index (χ0n) is 13.7. The molecule has 22 heavy (non-hydrogen) atoms. The highest BCUT2D eigenvalue weighted by Crippen LogP contribution is 2.21. The average Bonchev–Trinajstić information content (AvgIpc) is 2.46. The van der Waals surface area contributed by atoms with Gasteiger partial charge in [-0.05, 0) is 39.2 Å². The predicted molar refractivity (Wildman–Crippen MR) is 86.5 cm³/mol. The van der Waals surface area contributed by atoms with Gasteiger partial charge in [0, 0.05) is 12.1 Å². The summed E-state index contributed by atoms with van der Waals surface area (Å²) in [4.78, 5) is 15.7. The van der Waals surface area contributed by atoms with Crippen LogP contribution in [-0.2, 0) is 22.5 Å². The van der Waals surface area contributed by atoms with Crippen LogP contribution in [0.4, 0.5) is 0 Å². The van der Waals surface area contributed by atoms with E-state index >= 15 is 0 Å². The van der Waals surface area contributed by atoms with Crippen LogP contribution in [-0.4, -0.2) is 61.7 Å². The number of methoxy groups -OCH3 is 1. The molecule has 5 nitrogen and oxygen atoms in total. The number of likely N-dealkylation sites (N-methyl/N-ethyl adjacent to an activating group) is 1. The number of phenolic OH excluding ortho intramolecular Hbond substituents is 1. The van der Waals surface area contributed by atoms with Crippen LogP contribution in [0.25, 0.3) is 0 Å². The number of nitrogens with zero attached hydrogens (tertiary/aromatic N) is 2. The van der Waals surface area contributed by atoms with Gasteiger partial charge in [-0.25, -0.2) is 0 Å². The van der Waals surface area contributed by atoms with E-state index in [1.54, 1.807) is 18.0 Å². The first-order valence-corrected chi connectivity index (χ1v) is 7.06. The number of carbonyl (C=O) groups excluding carboxylic acids is 1. The maximum Gasteiger partial charge on any atom is 0.323 e. The van der Waals surface area contributed by atoms with Crippen molar-refractivity contribution in [2.45, 2.75) is 19.0 Å². The topological polar surface area (TPSA) is 53.0 Å². The summed E-state index contributed by atoms with van der Waals surface area (Å²) in [6, 6.07) is 4.94. The molecule has 1 aromatic carbocycles. The monoisotopic (exact) mass is 304 g/mol. The maximum absolute atomic E-state index is 12.0. The van der Waals surface area contributed by atoms with E-state index in [-0.39, 0.29) is 11.7 Å². The smallest absolute Gasteiger partial charge is 0.323 e. The zero-order valence-corrected chi connectivity index (χ0v) is 13.7. The van der Waals surface area contributed by atoms with Crippen molar-refractivity contribution >= 4 is 5.97 Å². The molecule has 5 heteroatoms. The largest absolute Gasteiger partial charge is 0.508 e. The van der Waals surface area contributed by atoms with Gasteiger partial charge in [-0.3, -0.25) is 9.69 Å². The van der Waals surface area contributed by atoms with E-state index in [2.05, 4.69) is 5.92 Å². The molecule has 0 fully saturated rings. The number of esters is 1. The lowest BCUT2D eigenvalue weighted by molar-refractivity contribution is -0.146. The number of phenols is 1. The molecule has 0 radical (unpaired) electrons. The van der Waals surface area contributed by atoms with Crippen LogP contribution in [0.2, 0.25) is 0 Å². The molecule has 0 aliphatic heterocycles. The number of terminal acetylenes is 1. The van der Waals surface area contributed by atoms with Gasteiger partial charge in [0.05, 0.1) is 13.7 Å². The van der Waals surface area contributed by atoms with Gasteiger partial charge in [-0.2, -0.15) is 0 Å². The second kappa shape index (κ2) is 8.42. The lowest BCUT2D eigenvalue weighted by Gasteiger charge is -2.24. The Bertz CT molecular complexity index is 549. The minimum atomic E-state index is -0.446. The third kappa shape index (κ3) is 5.06. The molecular weight excluding hydrogens is 280 g/mol. The fourth-order valence-corrected chi connectivity index (χ4v) is 2.27. The average molecular weight is 304 g/mol. The van der Waals surface area contributed by atoms with Crippen LogP contribution in [0.15, 0.2) is 18.2 Å². The van der Waals surface area contributed by atoms with Crippen molar-refractivity contribution in [3.63, 3.8) is 0 Å². The van der Waals surface area contributed by atoms with Gasteiger partial charge in [0.2, 0.25) is 0 Å². The molecule has 0 amide bonds. The summed E-state index contributed by atoms with van der Waals surface area (Å²) < 4.78 is 4.86. The molecule has 1 rings (SSSR count). The molecule has 1 aromatic rings. The summed E-state index contributed by atoms with van der Waals surface area (Å²) in [5.41, 5.74) is 1.78. The SMILES string of the molecule is C#CCN(C)[C@@H](Cc1ccc(O)c(CN(C)C)c1)C(=O)OC. The number of aromatic hydroxyl groups is 1. The number of ether oxygens (including phenoxy) is 1. The number of hydrogen-bond donors (Lipinski definition) is 1. The second-order valence-electron chi connectivity index (χ2n) is 5.56. The first-order chi connectivity index (χ1) is 10.4. The van der Waals surface area contributed by atoms with Crippen LogP contribution < -0.4 is 0 Å². The van der Waals surface area contributed by atoms with Crippen molar-refractivity contribution in [2.24, 2.45) is 0 Å². The number of hydrogen-bond acceptors (Lipinski definition) is 5. The highest BCUT2D eigenvalue weighted by Gasteiger charge is 2.24. The molecule has 0 aromatic heterocycles. The van der Waals surface area contributed by atoms with E-state index in [9.17, 15) is 9.90 Å². The van der Waals surface area contributed by atoms with Gasteiger partial charge in [0.1, 0.15) is 11.8 Å². The summed E-state index contributed by atoms with van der Waals surface area (Å²) in [5.74, 6) is 2.47. The summed E-state index contributed by atoms with van der Waals surface area (Å²) in [7, 11) is 7.03. The molecule has 0 aliphatic rings. The molecule has 1 atom stereocenters. The minimum absolute atomic E-state index is 0.254. The Labute approximate surface area is 132 Å². The second-order valence-corrected chi connectivity index (χ2v) is 5.56. The molecule has 0 bridgehead atoms. The third-order valence-corrected chi connectivity index (χ3v) is 3.41. The molecular formula is C17H24N2O3. The number of rotatable bonds is 7. The summed E-state index contributed by atoms with van der Waals surface area (Å²) in [6.07, 6.45) is 5.80. The standard InChI is InChI=1S/C17H24N2O3/c1-6-9-19(4)15(17(21)22-5)11-13-7-8-16(20)14(10-13)12-18(2)3/h1,7-8,10,15,20H,9,11-12H2,2-5H3/t15-/m0/s1. The van der Waals surface area contributed by atoms with E-state index in [1.807, 2.05) is 31.1 Å². The fourth-order valence-electron chi connectivity index (χ4n) is 2.27. The van der Waals surface area contributed by atoms with Gasteiger partial charge < -0.3 is 14.7 Å². The molecule has 0 saturated carbocycles. The quantitative estimate of drug-likeness (QED) is 0.604. The van der Waals surface area contributed by atoms with E-state index in [0.29, 0.717) is 19.5 Å². The van der Waals surface area contributed by atoms with Gasteiger partial charge in [-0.15, -0.1) is 6.42 Å². The molecule has 0 saturated heterocycles. The van der Waals surface area contributed by atoms with Crippen LogP contribution in [0.3, 0.4) is 0 Å². The Morgan fingerprint density at radius 3 is 2.64 bits per heavy atom. The van der Waals surface area contributed by atoms with E-state index in [0.717, 1.165) is 11.1 Å². The lowest BCUT2D eigenvalue weighted by Crippen LogP contribution is -2.41. The molecule has 0 spiro atoms. The first-order valence-electron chi connectivity index (χ1n) is 7.06. The molecule has 1 N–H and O–H groups in total. The fraction of sp³-hybridized carbons (Fsp3) is 0.471. The van der Waals surface area contributed by atoms with Gasteiger partial charge in [0.25, 0.3) is 0 Å². The lowest BCUT2D eigenvalue weighted by atomic mass is 10.0. The zero-order chi connectivity index (χ0) is 16.7. The van der Waals surface area contributed by atoms with Crippen LogP contribution in [0.5, 0.6) is 5.75 Å². The summed E-state index contributed by atoms with van der Waals surface area (Å²) in [6.45, 7) is 0.991. The highest BCUT2D eigenvalue weighted by molar-refractivity contribution is 5.76. The van der Waals surface area contributed by atoms with E-state index in [4.69, 9.17) is 11.2 Å². The first kappa shape index (κ1) is 18.0. The Morgan fingerprint density at radius 2 is 2.09 bits per heavy atom. The number of benzene rings is 1. The van der Waals surface area contributed by atoms with Crippen molar-refractivity contribution in [3.05, 3.63) is 29.3 Å². The minimum Gasteiger partial charge on any atom is -0.508 e. The van der Waals surface area contributed by atoms with E-state index < -0.39 is 6.04 Å². The van der Waals surface area contributed by atoms with Crippen molar-refractivity contribution in [3.8, 4) is 18.1 Å².